The smallest absolute Gasteiger partial charge is 0.292 e. The van der Waals surface area contributed by atoms with Crippen LogP contribution in [0.1, 0.15) is 26.1 Å². The number of thioether (sulfide) groups is 1. The zero-order valence-electron chi connectivity index (χ0n) is 11.8. The predicted octanol–water partition coefficient (Wildman–Crippen LogP) is 3.26. The lowest BCUT2D eigenvalue weighted by atomic mass is 10.2. The second kappa shape index (κ2) is 6.57. The summed E-state index contributed by atoms with van der Waals surface area (Å²) in [7, 11) is 0. The van der Waals surface area contributed by atoms with Crippen molar-refractivity contribution >= 4 is 23.1 Å². The van der Waals surface area contributed by atoms with E-state index >= 15 is 0 Å². The van der Waals surface area contributed by atoms with Crippen molar-refractivity contribution in [2.45, 2.75) is 31.3 Å². The number of anilines is 1. The van der Waals surface area contributed by atoms with Gasteiger partial charge in [-0.1, -0.05) is 19.0 Å². The number of nitrogens with zero attached hydrogens (tertiary/aromatic N) is 3. The monoisotopic (exact) mass is 308 g/mol. The molecule has 2 N–H and O–H groups in total. The van der Waals surface area contributed by atoms with Gasteiger partial charge in [0, 0.05) is 16.9 Å². The minimum atomic E-state index is -0.533. The molecule has 1 aromatic heterocycles. The standard InChI is InChI=1S/C13H16N4O3S/c1-3-8(2)21-7-12-15-13(20-16-12)9-4-5-10(14)11(6-9)17(18)19/h4-6,8H,3,7,14H2,1-2H3. The maximum absolute atomic E-state index is 10.9. The van der Waals surface area contributed by atoms with Crippen LogP contribution in [0, 0.1) is 10.1 Å². The fourth-order valence-electron chi connectivity index (χ4n) is 1.60. The lowest BCUT2D eigenvalue weighted by Crippen LogP contribution is -1.96. The van der Waals surface area contributed by atoms with Crippen molar-refractivity contribution in [3.63, 3.8) is 0 Å². The van der Waals surface area contributed by atoms with E-state index in [0.29, 0.717) is 22.4 Å². The number of rotatable bonds is 6. The van der Waals surface area contributed by atoms with E-state index in [-0.39, 0.29) is 17.3 Å². The first-order valence-electron chi connectivity index (χ1n) is 6.49. The molecule has 0 radical (unpaired) electrons. The van der Waals surface area contributed by atoms with Crippen molar-refractivity contribution in [2.24, 2.45) is 0 Å². The third-order valence-corrected chi connectivity index (χ3v) is 4.34. The van der Waals surface area contributed by atoms with Crippen molar-refractivity contribution in [3.05, 3.63) is 34.1 Å². The van der Waals surface area contributed by atoms with Gasteiger partial charge < -0.3 is 10.3 Å². The maximum atomic E-state index is 10.9. The number of benzene rings is 1. The first-order valence-corrected chi connectivity index (χ1v) is 7.54. The van der Waals surface area contributed by atoms with Crippen LogP contribution in [-0.4, -0.2) is 20.3 Å². The van der Waals surface area contributed by atoms with E-state index in [9.17, 15) is 10.1 Å². The largest absolute Gasteiger partial charge is 0.393 e. The van der Waals surface area contributed by atoms with Gasteiger partial charge >= 0.3 is 0 Å². The van der Waals surface area contributed by atoms with Crippen LogP contribution in [-0.2, 0) is 5.75 Å². The lowest BCUT2D eigenvalue weighted by molar-refractivity contribution is -0.383. The Morgan fingerprint density at radius 1 is 1.52 bits per heavy atom. The van der Waals surface area contributed by atoms with Crippen LogP contribution in [0.3, 0.4) is 0 Å². The number of hydrogen-bond acceptors (Lipinski definition) is 7. The molecule has 1 atom stereocenters. The minimum Gasteiger partial charge on any atom is -0.393 e. The number of hydrogen-bond donors (Lipinski definition) is 1. The Hall–Kier alpha value is -2.09. The van der Waals surface area contributed by atoms with Crippen molar-refractivity contribution in [2.75, 3.05) is 5.73 Å². The summed E-state index contributed by atoms with van der Waals surface area (Å²) in [6.45, 7) is 4.25. The molecule has 7 nitrogen and oxygen atoms in total. The van der Waals surface area contributed by atoms with Gasteiger partial charge in [0.05, 0.1) is 10.7 Å². The molecule has 8 heteroatoms. The van der Waals surface area contributed by atoms with Crippen molar-refractivity contribution < 1.29 is 9.45 Å². The van der Waals surface area contributed by atoms with E-state index in [4.69, 9.17) is 10.3 Å². The second-order valence-corrected chi connectivity index (χ2v) is 6.00. The maximum Gasteiger partial charge on any atom is 0.292 e. The summed E-state index contributed by atoms with van der Waals surface area (Å²) in [6.07, 6.45) is 1.07. The molecule has 0 aliphatic rings. The molecule has 21 heavy (non-hydrogen) atoms. The molecule has 0 aliphatic carbocycles. The molecule has 0 spiro atoms. The topological polar surface area (TPSA) is 108 Å². The van der Waals surface area contributed by atoms with E-state index in [0.717, 1.165) is 6.42 Å². The van der Waals surface area contributed by atoms with Gasteiger partial charge in [0.2, 0.25) is 0 Å². The Labute approximate surface area is 126 Å². The average molecular weight is 308 g/mol. The summed E-state index contributed by atoms with van der Waals surface area (Å²) in [4.78, 5) is 14.6. The fourth-order valence-corrected chi connectivity index (χ4v) is 2.39. The van der Waals surface area contributed by atoms with Gasteiger partial charge in [-0.05, 0) is 18.6 Å². The quantitative estimate of drug-likeness (QED) is 0.495. The van der Waals surface area contributed by atoms with Crippen molar-refractivity contribution in [1.29, 1.82) is 0 Å². The summed E-state index contributed by atoms with van der Waals surface area (Å²) in [5, 5.41) is 15.3. The number of aromatic nitrogens is 2. The first-order chi connectivity index (χ1) is 10.0. The SMILES string of the molecule is CCC(C)SCc1noc(-c2ccc(N)c([N+](=O)[O-])c2)n1. The Morgan fingerprint density at radius 3 is 2.95 bits per heavy atom. The van der Waals surface area contributed by atoms with Crippen molar-refractivity contribution in [3.8, 4) is 11.5 Å². The highest BCUT2D eigenvalue weighted by atomic mass is 32.2. The summed E-state index contributed by atoms with van der Waals surface area (Å²) in [6, 6.07) is 4.43. The molecule has 0 fully saturated rings. The number of nitro benzene ring substituents is 1. The van der Waals surface area contributed by atoms with Crippen LogP contribution >= 0.6 is 11.8 Å². The zero-order chi connectivity index (χ0) is 15.4. The van der Waals surface area contributed by atoms with E-state index in [1.807, 2.05) is 0 Å². The van der Waals surface area contributed by atoms with Crippen molar-refractivity contribution in [1.82, 2.24) is 10.1 Å². The molecule has 1 unspecified atom stereocenters. The van der Waals surface area contributed by atoms with E-state index in [2.05, 4.69) is 24.0 Å². The Bertz CT molecular complexity index is 644. The summed E-state index contributed by atoms with van der Waals surface area (Å²) < 4.78 is 5.15. The van der Waals surface area contributed by atoms with Crippen LogP contribution < -0.4 is 5.73 Å². The number of nitro groups is 1. The molecule has 0 aliphatic heterocycles. The Morgan fingerprint density at radius 2 is 2.29 bits per heavy atom. The zero-order valence-corrected chi connectivity index (χ0v) is 12.6. The highest BCUT2D eigenvalue weighted by Crippen LogP contribution is 2.28. The molecule has 1 aromatic carbocycles. The molecule has 0 amide bonds. The van der Waals surface area contributed by atoms with Crippen LogP contribution in [0.2, 0.25) is 0 Å². The lowest BCUT2D eigenvalue weighted by Gasteiger charge is -2.04. The third-order valence-electron chi connectivity index (χ3n) is 3.01. The molecular weight excluding hydrogens is 292 g/mol. The highest BCUT2D eigenvalue weighted by Gasteiger charge is 2.16. The molecular formula is C13H16N4O3S. The highest BCUT2D eigenvalue weighted by molar-refractivity contribution is 7.99. The Kier molecular flexibility index (Phi) is 4.79. The number of nitrogens with two attached hydrogens (primary N) is 1. The van der Waals surface area contributed by atoms with E-state index in [1.165, 1.54) is 12.1 Å². The molecule has 2 rings (SSSR count). The normalized spacial score (nSPS) is 12.3. The van der Waals surface area contributed by atoms with E-state index < -0.39 is 4.92 Å². The predicted molar refractivity (Wildman–Crippen MR) is 81.8 cm³/mol. The molecule has 0 saturated heterocycles. The van der Waals surface area contributed by atoms with Gasteiger partial charge in [-0.3, -0.25) is 10.1 Å². The van der Waals surface area contributed by atoms with Gasteiger partial charge in [0.25, 0.3) is 11.6 Å². The van der Waals surface area contributed by atoms with Crippen LogP contribution in [0.15, 0.2) is 22.7 Å². The van der Waals surface area contributed by atoms with Crippen LogP contribution in [0.25, 0.3) is 11.5 Å². The molecule has 1 heterocycles. The summed E-state index contributed by atoms with van der Waals surface area (Å²) >= 11 is 1.74. The average Bonchev–Trinajstić information content (AvgIpc) is 2.93. The van der Waals surface area contributed by atoms with Gasteiger partial charge in [0.1, 0.15) is 5.69 Å². The number of nitrogen functional groups attached to an aromatic ring is 1. The minimum absolute atomic E-state index is 0.107. The van der Waals surface area contributed by atoms with Gasteiger partial charge in [-0.2, -0.15) is 16.7 Å². The summed E-state index contributed by atoms with van der Waals surface area (Å²) in [5.74, 6) is 1.49. The van der Waals surface area contributed by atoms with E-state index in [1.54, 1.807) is 17.8 Å². The molecule has 0 bridgehead atoms. The van der Waals surface area contributed by atoms with Gasteiger partial charge in [-0.25, -0.2) is 0 Å². The Balaban J connectivity index is 2.18. The molecule has 112 valence electrons. The van der Waals surface area contributed by atoms with Gasteiger partial charge in [0.15, 0.2) is 5.82 Å². The first kappa shape index (κ1) is 15.3. The van der Waals surface area contributed by atoms with Crippen LogP contribution in [0.5, 0.6) is 0 Å². The van der Waals surface area contributed by atoms with Crippen LogP contribution in [0.4, 0.5) is 11.4 Å². The third kappa shape index (κ3) is 3.72. The molecule has 0 saturated carbocycles. The fraction of sp³-hybridized carbons (Fsp3) is 0.385. The second-order valence-electron chi connectivity index (χ2n) is 4.58. The summed E-state index contributed by atoms with van der Waals surface area (Å²) in [5.41, 5.74) is 5.99. The molecule has 2 aromatic rings. The van der Waals surface area contributed by atoms with Gasteiger partial charge in [-0.15, -0.1) is 0 Å².